The fourth-order valence-corrected chi connectivity index (χ4v) is 8.64. The van der Waals surface area contributed by atoms with Gasteiger partial charge in [-0.05, 0) is 82.9 Å². The van der Waals surface area contributed by atoms with Gasteiger partial charge in [-0.2, -0.15) is 0 Å². The van der Waals surface area contributed by atoms with Crippen LogP contribution in [-0.2, 0) is 5.41 Å². The zero-order valence-electron chi connectivity index (χ0n) is 28.2. The largest absolute Gasteiger partial charge is 0.456 e. The van der Waals surface area contributed by atoms with E-state index < -0.39 is 0 Å². The van der Waals surface area contributed by atoms with Crippen molar-refractivity contribution in [1.29, 1.82) is 0 Å². The molecule has 3 aromatic heterocycles. The average Bonchev–Trinajstić information content (AvgIpc) is 3.79. The second kappa shape index (κ2) is 10.3. The van der Waals surface area contributed by atoms with Gasteiger partial charge in [0.05, 0.1) is 22.2 Å². The minimum absolute atomic E-state index is 0.222. The van der Waals surface area contributed by atoms with E-state index in [0.717, 1.165) is 50.4 Å². The summed E-state index contributed by atoms with van der Waals surface area (Å²) in [4.78, 5) is 10.1. The van der Waals surface area contributed by atoms with Gasteiger partial charge in [0, 0.05) is 49.2 Å². The molecule has 1 aliphatic carbocycles. The third kappa shape index (κ3) is 3.96. The molecule has 0 atom stereocenters. The quantitative estimate of drug-likeness (QED) is 0.191. The smallest absolute Gasteiger partial charge is 0.160 e. The minimum Gasteiger partial charge on any atom is -0.456 e. The molecule has 1 aliphatic rings. The number of rotatable bonds is 3. The zero-order chi connectivity index (χ0) is 33.8. The van der Waals surface area contributed by atoms with Gasteiger partial charge in [0.15, 0.2) is 5.82 Å². The van der Waals surface area contributed by atoms with Crippen molar-refractivity contribution in [1.82, 2.24) is 14.5 Å². The van der Waals surface area contributed by atoms with E-state index in [1.807, 2.05) is 24.3 Å². The Morgan fingerprint density at radius 2 is 1.25 bits per heavy atom. The molecule has 7 aromatic carbocycles. The molecule has 0 fully saturated rings. The summed E-state index contributed by atoms with van der Waals surface area (Å²) in [7, 11) is 0. The first-order chi connectivity index (χ1) is 25.0. The lowest BCUT2D eigenvalue weighted by Gasteiger charge is -2.22. The third-order valence-corrected chi connectivity index (χ3v) is 11.0. The maximum atomic E-state index is 6.35. The molecule has 0 bridgehead atoms. The van der Waals surface area contributed by atoms with E-state index in [2.05, 4.69) is 146 Å². The second-order valence-corrected chi connectivity index (χ2v) is 14.2. The standard InChI is InChI=1S/C47H31N3O/c1-47(2)37-27-40-36(26-35(37)32-24-25-42-43(44(32)47)34-16-8-11-19-41(34)51-42)31-14-7-10-18-39(31)50(40)30-22-20-29(21-23-30)46-48-38-17-9-6-15-33(38)45(49-46)28-12-4-3-5-13-28/h3-27H,1-2H3. The first kappa shape index (κ1) is 28.3. The van der Waals surface area contributed by atoms with Crippen molar-refractivity contribution in [3.8, 4) is 39.5 Å². The molecule has 0 saturated carbocycles. The van der Waals surface area contributed by atoms with Crippen LogP contribution in [0.4, 0.5) is 0 Å². The van der Waals surface area contributed by atoms with Crippen LogP contribution in [-0.4, -0.2) is 14.5 Å². The Bertz CT molecular complexity index is 3040. The molecule has 10 aromatic rings. The van der Waals surface area contributed by atoms with E-state index in [9.17, 15) is 0 Å². The van der Waals surface area contributed by atoms with Crippen molar-refractivity contribution in [2.75, 3.05) is 0 Å². The predicted molar refractivity (Wildman–Crippen MR) is 210 cm³/mol. The van der Waals surface area contributed by atoms with Gasteiger partial charge in [0.25, 0.3) is 0 Å². The summed E-state index contributed by atoms with van der Waals surface area (Å²) in [6.07, 6.45) is 0. The van der Waals surface area contributed by atoms with Crippen LogP contribution in [0.25, 0.3) is 94.1 Å². The molecule has 0 amide bonds. The Hall–Kier alpha value is -6.52. The monoisotopic (exact) mass is 653 g/mol. The van der Waals surface area contributed by atoms with Crippen LogP contribution in [0.1, 0.15) is 25.0 Å². The Labute approximate surface area is 294 Å². The summed E-state index contributed by atoms with van der Waals surface area (Å²) in [6, 6.07) is 53.8. The molecule has 51 heavy (non-hydrogen) atoms. The molecule has 0 unspecified atom stereocenters. The van der Waals surface area contributed by atoms with Crippen LogP contribution < -0.4 is 0 Å². The van der Waals surface area contributed by atoms with Gasteiger partial charge in [0.2, 0.25) is 0 Å². The Morgan fingerprint density at radius 1 is 0.529 bits per heavy atom. The molecule has 0 radical (unpaired) electrons. The van der Waals surface area contributed by atoms with Crippen LogP contribution in [0, 0.1) is 0 Å². The van der Waals surface area contributed by atoms with Crippen molar-refractivity contribution < 1.29 is 4.42 Å². The number of hydrogen-bond donors (Lipinski definition) is 0. The highest BCUT2D eigenvalue weighted by Crippen LogP contribution is 2.54. The number of fused-ring (bicyclic) bond motifs is 11. The van der Waals surface area contributed by atoms with Crippen molar-refractivity contribution in [3.05, 3.63) is 163 Å². The van der Waals surface area contributed by atoms with Gasteiger partial charge in [-0.1, -0.05) is 105 Å². The summed E-state index contributed by atoms with van der Waals surface area (Å²) in [5.74, 6) is 0.719. The van der Waals surface area contributed by atoms with Crippen LogP contribution in [0.5, 0.6) is 0 Å². The lowest BCUT2D eigenvalue weighted by atomic mass is 9.80. The fourth-order valence-electron chi connectivity index (χ4n) is 8.64. The lowest BCUT2D eigenvalue weighted by molar-refractivity contribution is 0.657. The van der Waals surface area contributed by atoms with Crippen LogP contribution in [0.3, 0.4) is 0 Å². The number of aromatic nitrogens is 3. The van der Waals surface area contributed by atoms with Gasteiger partial charge < -0.3 is 8.98 Å². The maximum Gasteiger partial charge on any atom is 0.160 e. The maximum absolute atomic E-state index is 6.35. The van der Waals surface area contributed by atoms with Crippen molar-refractivity contribution in [3.63, 3.8) is 0 Å². The predicted octanol–water partition coefficient (Wildman–Crippen LogP) is 12.3. The van der Waals surface area contributed by atoms with Gasteiger partial charge >= 0.3 is 0 Å². The second-order valence-electron chi connectivity index (χ2n) is 14.2. The van der Waals surface area contributed by atoms with E-state index in [-0.39, 0.29) is 5.41 Å². The fraction of sp³-hybridized carbons (Fsp3) is 0.0638. The molecular weight excluding hydrogens is 623 g/mol. The van der Waals surface area contributed by atoms with E-state index in [1.165, 1.54) is 54.8 Å². The molecule has 0 saturated heterocycles. The Kier molecular flexibility index (Phi) is 5.70. The highest BCUT2D eigenvalue weighted by Gasteiger charge is 2.39. The summed E-state index contributed by atoms with van der Waals surface area (Å²) < 4.78 is 8.76. The summed E-state index contributed by atoms with van der Waals surface area (Å²) >= 11 is 0. The molecule has 240 valence electrons. The molecule has 11 rings (SSSR count). The topological polar surface area (TPSA) is 43.9 Å². The van der Waals surface area contributed by atoms with Gasteiger partial charge in [-0.15, -0.1) is 0 Å². The molecule has 0 spiro atoms. The van der Waals surface area contributed by atoms with E-state index in [0.29, 0.717) is 0 Å². The summed E-state index contributed by atoms with van der Waals surface area (Å²) in [5, 5.41) is 5.94. The third-order valence-electron chi connectivity index (χ3n) is 11.0. The van der Waals surface area contributed by atoms with E-state index in [1.54, 1.807) is 0 Å². The summed E-state index contributed by atoms with van der Waals surface area (Å²) in [5.41, 5.74) is 14.4. The minimum atomic E-state index is -0.222. The van der Waals surface area contributed by atoms with Crippen LogP contribution >= 0.6 is 0 Å². The van der Waals surface area contributed by atoms with Crippen molar-refractivity contribution in [2.45, 2.75) is 19.3 Å². The number of benzene rings is 7. The summed E-state index contributed by atoms with van der Waals surface area (Å²) in [6.45, 7) is 4.72. The molecule has 0 aliphatic heterocycles. The molecule has 3 heterocycles. The first-order valence-corrected chi connectivity index (χ1v) is 17.5. The molecule has 4 heteroatoms. The molecule has 0 N–H and O–H groups in total. The van der Waals surface area contributed by atoms with Crippen LogP contribution in [0.15, 0.2) is 156 Å². The SMILES string of the molecule is CC1(C)c2cc3c(cc2-c2ccc4oc5ccccc5c4c21)c1ccccc1n3-c1ccc(-c2nc(-c3ccccc3)c3ccccc3n2)cc1. The van der Waals surface area contributed by atoms with E-state index >= 15 is 0 Å². The van der Waals surface area contributed by atoms with Crippen molar-refractivity contribution >= 4 is 54.6 Å². The first-order valence-electron chi connectivity index (χ1n) is 17.5. The molecule has 4 nitrogen and oxygen atoms in total. The lowest BCUT2D eigenvalue weighted by Crippen LogP contribution is -2.15. The number of furan rings is 1. The highest BCUT2D eigenvalue weighted by molar-refractivity contribution is 6.14. The van der Waals surface area contributed by atoms with Gasteiger partial charge in [-0.25, -0.2) is 9.97 Å². The Morgan fingerprint density at radius 3 is 2.10 bits per heavy atom. The highest BCUT2D eigenvalue weighted by atomic mass is 16.3. The van der Waals surface area contributed by atoms with Crippen molar-refractivity contribution in [2.24, 2.45) is 0 Å². The average molecular weight is 654 g/mol. The number of nitrogens with zero attached hydrogens (tertiary/aromatic N) is 3. The zero-order valence-corrected chi connectivity index (χ0v) is 28.2. The van der Waals surface area contributed by atoms with Gasteiger partial charge in [-0.3, -0.25) is 0 Å². The normalized spacial score (nSPS) is 13.5. The number of hydrogen-bond acceptors (Lipinski definition) is 3. The Balaban J connectivity index is 1.09. The molecular formula is C47H31N3O. The van der Waals surface area contributed by atoms with E-state index in [4.69, 9.17) is 14.4 Å². The van der Waals surface area contributed by atoms with Gasteiger partial charge in [0.1, 0.15) is 11.2 Å². The number of para-hydroxylation sites is 3. The van der Waals surface area contributed by atoms with Crippen LogP contribution in [0.2, 0.25) is 0 Å².